The number of hydrogen-bond acceptors (Lipinski definition) is 3. The van der Waals surface area contributed by atoms with Crippen LogP contribution >= 0.6 is 11.8 Å². The number of nitrogens with zero attached hydrogens (tertiary/aromatic N) is 3. The summed E-state index contributed by atoms with van der Waals surface area (Å²) in [6, 6.07) is 3.46. The molecule has 0 aliphatic rings. The third-order valence-corrected chi connectivity index (χ3v) is 3.60. The number of thioether (sulfide) groups is 1. The molecule has 0 atom stereocenters. The second kappa shape index (κ2) is 5.48. The first-order valence-corrected chi connectivity index (χ1v) is 6.57. The SMILES string of the molecule is CCn1c(C)nnc1SCc1cc(F)ccc1F. The molecule has 2 rings (SSSR count). The molecule has 0 unspecified atom stereocenters. The standard InChI is InChI=1S/C12H13F2N3S/c1-3-17-8(2)15-16-12(17)18-7-9-6-10(13)4-5-11(9)14/h4-6H,3,7H2,1-2H3. The van der Waals surface area contributed by atoms with Crippen molar-refractivity contribution in [2.75, 3.05) is 0 Å². The normalized spacial score (nSPS) is 10.9. The Balaban J connectivity index is 2.13. The van der Waals surface area contributed by atoms with Crippen LogP contribution in [0.2, 0.25) is 0 Å². The van der Waals surface area contributed by atoms with Gasteiger partial charge in [0, 0.05) is 17.9 Å². The third-order valence-electron chi connectivity index (χ3n) is 2.58. The molecule has 3 nitrogen and oxygen atoms in total. The molecule has 0 fully saturated rings. The highest BCUT2D eigenvalue weighted by Crippen LogP contribution is 2.23. The summed E-state index contributed by atoms with van der Waals surface area (Å²) in [5.74, 6) is 0.324. The molecule has 0 bridgehead atoms. The van der Waals surface area contributed by atoms with E-state index in [0.29, 0.717) is 11.3 Å². The van der Waals surface area contributed by atoms with Crippen molar-refractivity contribution < 1.29 is 8.78 Å². The van der Waals surface area contributed by atoms with Crippen LogP contribution in [0.4, 0.5) is 8.78 Å². The number of hydrogen-bond donors (Lipinski definition) is 0. The zero-order chi connectivity index (χ0) is 13.1. The van der Waals surface area contributed by atoms with Gasteiger partial charge in [-0.05, 0) is 32.0 Å². The van der Waals surface area contributed by atoms with Crippen molar-refractivity contribution in [1.29, 1.82) is 0 Å². The smallest absolute Gasteiger partial charge is 0.191 e. The zero-order valence-corrected chi connectivity index (χ0v) is 11.0. The number of halogens is 2. The van der Waals surface area contributed by atoms with Crippen molar-refractivity contribution in [2.24, 2.45) is 0 Å². The minimum Gasteiger partial charge on any atom is -0.307 e. The van der Waals surface area contributed by atoms with Crippen LogP contribution in [0, 0.1) is 18.6 Å². The first-order chi connectivity index (χ1) is 8.61. The summed E-state index contributed by atoms with van der Waals surface area (Å²) in [5.41, 5.74) is 0.336. The van der Waals surface area contributed by atoms with Crippen LogP contribution in [-0.2, 0) is 12.3 Å². The Morgan fingerprint density at radius 3 is 2.78 bits per heavy atom. The Morgan fingerprint density at radius 2 is 2.06 bits per heavy atom. The summed E-state index contributed by atoms with van der Waals surface area (Å²) in [6.07, 6.45) is 0. The minimum absolute atomic E-state index is 0.335. The van der Waals surface area contributed by atoms with Crippen LogP contribution in [0.3, 0.4) is 0 Å². The first-order valence-electron chi connectivity index (χ1n) is 5.58. The molecule has 6 heteroatoms. The fourth-order valence-corrected chi connectivity index (χ4v) is 2.65. The zero-order valence-electron chi connectivity index (χ0n) is 10.2. The molecule has 2 aromatic rings. The van der Waals surface area contributed by atoms with Crippen molar-refractivity contribution in [3.8, 4) is 0 Å². The van der Waals surface area contributed by atoms with Gasteiger partial charge < -0.3 is 4.57 Å². The van der Waals surface area contributed by atoms with Gasteiger partial charge in [0.1, 0.15) is 17.5 Å². The van der Waals surface area contributed by atoms with Crippen LogP contribution in [0.5, 0.6) is 0 Å². The molecule has 1 heterocycles. The van der Waals surface area contributed by atoms with Gasteiger partial charge in [0.05, 0.1) is 0 Å². The van der Waals surface area contributed by atoms with Crippen LogP contribution < -0.4 is 0 Å². The van der Waals surface area contributed by atoms with E-state index in [9.17, 15) is 8.78 Å². The molecule has 96 valence electrons. The molecule has 0 radical (unpaired) electrons. The lowest BCUT2D eigenvalue weighted by atomic mass is 10.2. The number of benzene rings is 1. The molecule has 0 spiro atoms. The highest BCUT2D eigenvalue weighted by atomic mass is 32.2. The van der Waals surface area contributed by atoms with Crippen LogP contribution in [-0.4, -0.2) is 14.8 Å². The average molecular weight is 269 g/mol. The number of aromatic nitrogens is 3. The number of rotatable bonds is 4. The predicted molar refractivity (Wildman–Crippen MR) is 66.4 cm³/mol. The summed E-state index contributed by atoms with van der Waals surface area (Å²) < 4.78 is 28.4. The molecule has 18 heavy (non-hydrogen) atoms. The molecule has 1 aromatic carbocycles. The van der Waals surface area contributed by atoms with Crippen molar-refractivity contribution in [3.05, 3.63) is 41.2 Å². The summed E-state index contributed by atoms with van der Waals surface area (Å²) in [5, 5.41) is 8.70. The lowest BCUT2D eigenvalue weighted by molar-refractivity contribution is 0.591. The molecular weight excluding hydrogens is 256 g/mol. The Bertz CT molecular complexity index is 554. The van der Waals surface area contributed by atoms with Gasteiger partial charge in [-0.3, -0.25) is 0 Å². The maximum atomic E-state index is 13.4. The topological polar surface area (TPSA) is 30.7 Å². The van der Waals surface area contributed by atoms with Crippen LogP contribution in [0.25, 0.3) is 0 Å². The molecule has 0 aliphatic heterocycles. The van der Waals surface area contributed by atoms with Crippen molar-refractivity contribution >= 4 is 11.8 Å². The third kappa shape index (κ3) is 2.69. The van der Waals surface area contributed by atoms with Gasteiger partial charge in [-0.25, -0.2) is 8.78 Å². The highest BCUT2D eigenvalue weighted by Gasteiger charge is 2.10. The minimum atomic E-state index is -0.430. The summed E-state index contributed by atoms with van der Waals surface area (Å²) in [6.45, 7) is 4.61. The highest BCUT2D eigenvalue weighted by molar-refractivity contribution is 7.98. The molecule has 1 aromatic heterocycles. The molecule has 0 N–H and O–H groups in total. The lowest BCUT2D eigenvalue weighted by Gasteiger charge is -2.05. The van der Waals surface area contributed by atoms with E-state index in [4.69, 9.17) is 0 Å². The Hall–Kier alpha value is -1.43. The van der Waals surface area contributed by atoms with Crippen molar-refractivity contribution in [2.45, 2.75) is 31.3 Å². The van der Waals surface area contributed by atoms with Crippen molar-refractivity contribution in [1.82, 2.24) is 14.8 Å². The van der Waals surface area contributed by atoms with Gasteiger partial charge in [-0.1, -0.05) is 11.8 Å². The van der Waals surface area contributed by atoms with Gasteiger partial charge in [0.25, 0.3) is 0 Å². The quantitative estimate of drug-likeness (QED) is 0.799. The average Bonchev–Trinajstić information content (AvgIpc) is 2.71. The monoisotopic (exact) mass is 269 g/mol. The van der Waals surface area contributed by atoms with E-state index in [2.05, 4.69) is 10.2 Å². The van der Waals surface area contributed by atoms with E-state index in [1.807, 2.05) is 18.4 Å². The van der Waals surface area contributed by atoms with Gasteiger partial charge in [0.2, 0.25) is 0 Å². The molecule has 0 amide bonds. The van der Waals surface area contributed by atoms with Gasteiger partial charge in [-0.2, -0.15) is 0 Å². The van der Waals surface area contributed by atoms with E-state index in [-0.39, 0.29) is 0 Å². The van der Waals surface area contributed by atoms with Gasteiger partial charge >= 0.3 is 0 Å². The Kier molecular flexibility index (Phi) is 3.96. The summed E-state index contributed by atoms with van der Waals surface area (Å²) in [7, 11) is 0. The first kappa shape index (κ1) is 13.0. The predicted octanol–water partition coefficient (Wildman–Crippen LogP) is 3.18. The van der Waals surface area contributed by atoms with E-state index in [1.165, 1.54) is 17.8 Å². The lowest BCUT2D eigenvalue weighted by Crippen LogP contribution is -1.99. The van der Waals surface area contributed by atoms with Gasteiger partial charge in [0.15, 0.2) is 5.16 Å². The maximum absolute atomic E-state index is 13.4. The second-order valence-electron chi connectivity index (χ2n) is 3.80. The fraction of sp³-hybridized carbons (Fsp3) is 0.333. The molecule has 0 saturated carbocycles. The maximum Gasteiger partial charge on any atom is 0.191 e. The van der Waals surface area contributed by atoms with Crippen molar-refractivity contribution in [3.63, 3.8) is 0 Å². The fourth-order valence-electron chi connectivity index (χ4n) is 1.63. The molecular formula is C12H13F2N3S. The van der Waals surface area contributed by atoms with E-state index in [1.54, 1.807) is 0 Å². The molecule has 0 aliphatic carbocycles. The Labute approximate surface area is 108 Å². The molecule has 0 saturated heterocycles. The number of aryl methyl sites for hydroxylation is 1. The van der Waals surface area contributed by atoms with E-state index >= 15 is 0 Å². The Morgan fingerprint density at radius 1 is 1.28 bits per heavy atom. The van der Waals surface area contributed by atoms with Crippen LogP contribution in [0.15, 0.2) is 23.4 Å². The van der Waals surface area contributed by atoms with Crippen LogP contribution in [0.1, 0.15) is 18.3 Å². The van der Waals surface area contributed by atoms with E-state index < -0.39 is 11.6 Å². The van der Waals surface area contributed by atoms with E-state index in [0.717, 1.165) is 29.7 Å². The largest absolute Gasteiger partial charge is 0.307 e. The second-order valence-corrected chi connectivity index (χ2v) is 4.74. The summed E-state index contributed by atoms with van der Waals surface area (Å²) in [4.78, 5) is 0. The van der Waals surface area contributed by atoms with Gasteiger partial charge in [-0.15, -0.1) is 10.2 Å². The summed E-state index contributed by atoms with van der Waals surface area (Å²) >= 11 is 1.35.